The zero-order valence-corrected chi connectivity index (χ0v) is 20.1. The summed E-state index contributed by atoms with van der Waals surface area (Å²) in [6.45, 7) is 9.53. The highest BCUT2D eigenvalue weighted by molar-refractivity contribution is 14.0. The molecule has 0 atom stereocenters. The molecule has 0 radical (unpaired) electrons. The second-order valence-corrected chi connectivity index (χ2v) is 7.66. The molecule has 8 heteroatoms. The molecule has 1 N–H and O–H groups in total. The van der Waals surface area contributed by atoms with Crippen LogP contribution in [0.2, 0.25) is 0 Å². The Labute approximate surface area is 185 Å². The first-order valence-corrected chi connectivity index (χ1v) is 10.7. The summed E-state index contributed by atoms with van der Waals surface area (Å²) < 4.78 is 11.0. The van der Waals surface area contributed by atoms with E-state index in [1.54, 1.807) is 18.4 Å². The number of piperidine rings is 1. The molecule has 6 nitrogen and oxygen atoms in total. The van der Waals surface area contributed by atoms with Crippen molar-refractivity contribution in [3.05, 3.63) is 16.1 Å². The average Bonchev–Trinajstić information content (AvgIpc) is 3.13. The Kier molecular flexibility index (Phi) is 13.2. The van der Waals surface area contributed by atoms with Gasteiger partial charge in [-0.25, -0.2) is 4.98 Å². The van der Waals surface area contributed by atoms with Crippen molar-refractivity contribution in [1.29, 1.82) is 0 Å². The van der Waals surface area contributed by atoms with Crippen LogP contribution < -0.4 is 5.32 Å². The van der Waals surface area contributed by atoms with E-state index in [4.69, 9.17) is 14.5 Å². The second-order valence-electron chi connectivity index (χ2n) is 6.46. The van der Waals surface area contributed by atoms with Crippen LogP contribution in [0, 0.1) is 0 Å². The Morgan fingerprint density at radius 3 is 2.74 bits per heavy atom. The molecule has 156 valence electrons. The van der Waals surface area contributed by atoms with Gasteiger partial charge in [-0.3, -0.25) is 4.99 Å². The molecule has 0 spiro atoms. The number of aromatic nitrogens is 1. The Hall–Kier alpha value is -0.450. The number of aliphatic imine (C=N–C) groups is 1. The number of nitrogens with one attached hydrogen (secondary N) is 1. The highest BCUT2D eigenvalue weighted by Crippen LogP contribution is 2.15. The second kappa shape index (κ2) is 14.5. The lowest BCUT2D eigenvalue weighted by molar-refractivity contribution is 0.00991. The van der Waals surface area contributed by atoms with Crippen LogP contribution in [0.5, 0.6) is 0 Å². The van der Waals surface area contributed by atoms with Gasteiger partial charge in [0, 0.05) is 64.0 Å². The Bertz CT molecular complexity index is 534. The first-order valence-electron chi connectivity index (χ1n) is 9.84. The Morgan fingerprint density at radius 1 is 1.33 bits per heavy atom. The molecule has 1 aliphatic heterocycles. The number of rotatable bonds is 10. The van der Waals surface area contributed by atoms with Crippen molar-refractivity contribution >= 4 is 41.3 Å². The molecular weight excluding hydrogens is 475 g/mol. The van der Waals surface area contributed by atoms with Crippen LogP contribution in [-0.4, -0.2) is 68.4 Å². The quantitative estimate of drug-likeness (QED) is 0.227. The van der Waals surface area contributed by atoms with Crippen LogP contribution in [0.3, 0.4) is 0 Å². The van der Waals surface area contributed by atoms with Gasteiger partial charge in [0.15, 0.2) is 5.96 Å². The summed E-state index contributed by atoms with van der Waals surface area (Å²) in [5.41, 5.74) is 0. The maximum atomic E-state index is 5.95. The van der Waals surface area contributed by atoms with Gasteiger partial charge in [-0.05, 0) is 32.6 Å². The molecule has 2 rings (SSSR count). The summed E-state index contributed by atoms with van der Waals surface area (Å²) in [4.78, 5) is 13.0. The average molecular weight is 510 g/mol. The number of hydrogen-bond donors (Lipinski definition) is 1. The monoisotopic (exact) mass is 510 g/mol. The summed E-state index contributed by atoms with van der Waals surface area (Å²) in [5.74, 6) is 1.03. The summed E-state index contributed by atoms with van der Waals surface area (Å²) in [6.07, 6.45) is 7.43. The van der Waals surface area contributed by atoms with E-state index in [9.17, 15) is 0 Å². The minimum absolute atomic E-state index is 0. The van der Waals surface area contributed by atoms with E-state index < -0.39 is 0 Å². The first-order chi connectivity index (χ1) is 12.8. The van der Waals surface area contributed by atoms with Crippen molar-refractivity contribution in [2.45, 2.75) is 52.1 Å². The van der Waals surface area contributed by atoms with Crippen LogP contribution in [0.15, 0.2) is 11.2 Å². The van der Waals surface area contributed by atoms with Crippen molar-refractivity contribution in [1.82, 2.24) is 15.2 Å². The van der Waals surface area contributed by atoms with Crippen molar-refractivity contribution in [3.8, 4) is 0 Å². The van der Waals surface area contributed by atoms with Gasteiger partial charge in [0.1, 0.15) is 0 Å². The maximum absolute atomic E-state index is 5.95. The normalized spacial score (nSPS) is 15.7. The number of nitrogens with zero attached hydrogens (tertiary/aromatic N) is 3. The van der Waals surface area contributed by atoms with E-state index in [1.165, 1.54) is 9.88 Å². The molecule has 27 heavy (non-hydrogen) atoms. The summed E-state index contributed by atoms with van der Waals surface area (Å²) in [5, 5.41) is 4.62. The van der Waals surface area contributed by atoms with Gasteiger partial charge in [-0.1, -0.05) is 6.92 Å². The summed E-state index contributed by atoms with van der Waals surface area (Å²) in [6, 6.07) is 0. The third kappa shape index (κ3) is 9.06. The number of methoxy groups -OCH3 is 1. The van der Waals surface area contributed by atoms with E-state index in [1.807, 2.05) is 6.20 Å². The number of likely N-dealkylation sites (tertiary alicyclic amines) is 1. The lowest BCUT2D eigenvalue weighted by Gasteiger charge is -2.34. The molecule has 0 amide bonds. The molecule has 2 heterocycles. The summed E-state index contributed by atoms with van der Waals surface area (Å²) >= 11 is 1.80. The fourth-order valence-corrected chi connectivity index (χ4v) is 3.85. The molecule has 0 saturated carbocycles. The van der Waals surface area contributed by atoms with E-state index in [2.05, 4.69) is 29.0 Å². The highest BCUT2D eigenvalue weighted by Gasteiger charge is 2.21. The van der Waals surface area contributed by atoms with Gasteiger partial charge >= 0.3 is 0 Å². The maximum Gasteiger partial charge on any atom is 0.193 e. The number of hydrogen-bond acceptors (Lipinski definition) is 5. The number of halogens is 1. The molecular formula is C19H35IN4O2S. The van der Waals surface area contributed by atoms with Crippen molar-refractivity contribution in [3.63, 3.8) is 0 Å². The molecule has 1 aliphatic rings. The van der Waals surface area contributed by atoms with Gasteiger partial charge in [0.05, 0.1) is 11.1 Å². The Morgan fingerprint density at radius 2 is 2.11 bits per heavy atom. The molecule has 1 aromatic rings. The van der Waals surface area contributed by atoms with Crippen molar-refractivity contribution < 1.29 is 9.47 Å². The minimum atomic E-state index is 0. The topological polar surface area (TPSA) is 59.0 Å². The van der Waals surface area contributed by atoms with Gasteiger partial charge in [0.2, 0.25) is 0 Å². The highest BCUT2D eigenvalue weighted by atomic mass is 127. The largest absolute Gasteiger partial charge is 0.385 e. The smallest absolute Gasteiger partial charge is 0.193 e. The zero-order chi connectivity index (χ0) is 18.6. The van der Waals surface area contributed by atoms with Crippen LogP contribution >= 0.6 is 35.3 Å². The summed E-state index contributed by atoms with van der Waals surface area (Å²) in [7, 11) is 1.73. The number of ether oxygens (including phenoxy) is 2. The molecule has 0 aromatic carbocycles. The third-order valence-electron chi connectivity index (χ3n) is 4.46. The van der Waals surface area contributed by atoms with E-state index in [0.29, 0.717) is 6.10 Å². The SMILES string of the molecule is CCNC(=NCCc1ncc(CC)s1)N1CCC(OCCCOC)CC1.I. The predicted molar refractivity (Wildman–Crippen MR) is 124 cm³/mol. The molecule has 1 fully saturated rings. The lowest BCUT2D eigenvalue weighted by Crippen LogP contribution is -2.47. The lowest BCUT2D eigenvalue weighted by atomic mass is 10.1. The fourth-order valence-electron chi connectivity index (χ4n) is 3.00. The Balaban J connectivity index is 0.00000364. The zero-order valence-electron chi connectivity index (χ0n) is 16.9. The van der Waals surface area contributed by atoms with Crippen molar-refractivity contribution in [2.24, 2.45) is 4.99 Å². The molecule has 0 aliphatic carbocycles. The standard InChI is InChI=1S/C19H34N4O2S.HI/c1-4-17-15-22-18(26-17)7-10-21-19(20-5-2)23-11-8-16(9-12-23)25-14-6-13-24-3;/h15-16H,4-14H2,1-3H3,(H,20,21);1H. The fraction of sp³-hybridized carbons (Fsp3) is 0.789. The minimum Gasteiger partial charge on any atom is -0.385 e. The van der Waals surface area contributed by atoms with Gasteiger partial charge in [-0.2, -0.15) is 0 Å². The van der Waals surface area contributed by atoms with E-state index in [0.717, 1.165) is 77.5 Å². The van der Waals surface area contributed by atoms with E-state index >= 15 is 0 Å². The van der Waals surface area contributed by atoms with E-state index in [-0.39, 0.29) is 24.0 Å². The number of aryl methyl sites for hydroxylation is 1. The van der Waals surface area contributed by atoms with Crippen LogP contribution in [0.25, 0.3) is 0 Å². The molecule has 1 saturated heterocycles. The molecule has 0 unspecified atom stereocenters. The molecule has 0 bridgehead atoms. The first kappa shape index (κ1) is 24.6. The van der Waals surface area contributed by atoms with Gasteiger partial charge in [0.25, 0.3) is 0 Å². The predicted octanol–water partition coefficient (Wildman–Crippen LogP) is 3.35. The third-order valence-corrected chi connectivity index (χ3v) is 5.66. The number of thiazole rings is 1. The van der Waals surface area contributed by atoms with Crippen molar-refractivity contribution in [2.75, 3.05) is 46.5 Å². The van der Waals surface area contributed by atoms with Gasteiger partial charge in [-0.15, -0.1) is 35.3 Å². The van der Waals surface area contributed by atoms with Crippen LogP contribution in [-0.2, 0) is 22.3 Å². The van der Waals surface area contributed by atoms with Gasteiger partial charge < -0.3 is 19.7 Å². The number of guanidine groups is 1. The molecule has 1 aromatic heterocycles. The van der Waals surface area contributed by atoms with Crippen LogP contribution in [0.1, 0.15) is 43.0 Å². The van der Waals surface area contributed by atoms with Crippen LogP contribution in [0.4, 0.5) is 0 Å².